The van der Waals surface area contributed by atoms with Gasteiger partial charge in [0, 0.05) is 28.0 Å². The lowest BCUT2D eigenvalue weighted by atomic mass is 10.1. The molecule has 0 bridgehead atoms. The highest BCUT2D eigenvalue weighted by Gasteiger charge is 2.16. The van der Waals surface area contributed by atoms with Crippen LogP contribution >= 0.6 is 35.0 Å². The predicted molar refractivity (Wildman–Crippen MR) is 149 cm³/mol. The van der Waals surface area contributed by atoms with Gasteiger partial charge < -0.3 is 10.0 Å². The van der Waals surface area contributed by atoms with Crippen LogP contribution in [0.15, 0.2) is 101 Å². The van der Waals surface area contributed by atoms with Crippen molar-refractivity contribution in [3.63, 3.8) is 0 Å². The average Bonchev–Trinajstić information content (AvgIpc) is 2.79. The molecule has 0 aliphatic carbocycles. The maximum Gasteiger partial charge on any atom is 0.169 e. The van der Waals surface area contributed by atoms with Gasteiger partial charge in [0.15, 0.2) is 5.17 Å². The van der Waals surface area contributed by atoms with Crippen LogP contribution < -0.4 is 0 Å². The molecule has 4 rings (SSSR count). The van der Waals surface area contributed by atoms with Crippen molar-refractivity contribution < 1.29 is 5.11 Å². The molecule has 0 aromatic heterocycles. The Hall–Kier alpha value is -2.92. The summed E-state index contributed by atoms with van der Waals surface area (Å²) in [5.41, 5.74) is 5.22. The Morgan fingerprint density at radius 2 is 1.46 bits per heavy atom. The highest BCUT2D eigenvalue weighted by molar-refractivity contribution is 8.13. The SMILES string of the molecule is Cc1ccc(CN(Cc2cccc(O)c2)C(=Nc2cc(Cl)cc(Cl)c2)Sc2cccc(C)c2)cc1. The number of nitrogens with zero attached hydrogens (tertiary/aromatic N) is 2. The Morgan fingerprint density at radius 3 is 2.14 bits per heavy atom. The van der Waals surface area contributed by atoms with Crippen molar-refractivity contribution in [3.8, 4) is 5.75 Å². The molecule has 0 unspecified atom stereocenters. The van der Waals surface area contributed by atoms with Crippen molar-refractivity contribution >= 4 is 45.8 Å². The van der Waals surface area contributed by atoms with E-state index in [1.54, 1.807) is 30.0 Å². The first kappa shape index (κ1) is 25.2. The summed E-state index contributed by atoms with van der Waals surface area (Å²) in [7, 11) is 0. The van der Waals surface area contributed by atoms with Crippen molar-refractivity contribution in [3.05, 3.63) is 123 Å². The summed E-state index contributed by atoms with van der Waals surface area (Å²) >= 11 is 14.2. The third kappa shape index (κ3) is 7.53. The largest absolute Gasteiger partial charge is 0.508 e. The van der Waals surface area contributed by atoms with Crippen molar-refractivity contribution in [1.29, 1.82) is 0 Å². The summed E-state index contributed by atoms with van der Waals surface area (Å²) in [6, 6.07) is 29.5. The van der Waals surface area contributed by atoms with Crippen molar-refractivity contribution in [2.75, 3.05) is 0 Å². The van der Waals surface area contributed by atoms with Gasteiger partial charge in [0.1, 0.15) is 5.75 Å². The number of thioether (sulfide) groups is 1. The Labute approximate surface area is 221 Å². The molecule has 0 fully saturated rings. The zero-order chi connectivity index (χ0) is 24.8. The molecule has 35 heavy (non-hydrogen) atoms. The number of halogens is 2. The second kappa shape index (κ2) is 11.7. The number of amidine groups is 1. The van der Waals surface area contributed by atoms with E-state index in [9.17, 15) is 5.11 Å². The van der Waals surface area contributed by atoms with Crippen LogP contribution in [-0.4, -0.2) is 15.2 Å². The van der Waals surface area contributed by atoms with Crippen LogP contribution in [-0.2, 0) is 13.1 Å². The van der Waals surface area contributed by atoms with Crippen LogP contribution in [0.2, 0.25) is 10.0 Å². The first-order valence-corrected chi connectivity index (χ1v) is 12.8. The number of aryl methyl sites for hydroxylation is 2. The van der Waals surface area contributed by atoms with E-state index >= 15 is 0 Å². The molecule has 0 amide bonds. The molecule has 0 radical (unpaired) electrons. The van der Waals surface area contributed by atoms with Crippen LogP contribution in [0.3, 0.4) is 0 Å². The van der Waals surface area contributed by atoms with Gasteiger partial charge in [0.25, 0.3) is 0 Å². The molecule has 6 heteroatoms. The zero-order valence-corrected chi connectivity index (χ0v) is 21.9. The molecular formula is C29H26Cl2N2OS. The molecular weight excluding hydrogens is 495 g/mol. The van der Waals surface area contributed by atoms with Gasteiger partial charge in [-0.15, -0.1) is 0 Å². The lowest BCUT2D eigenvalue weighted by Gasteiger charge is -2.26. The minimum absolute atomic E-state index is 0.240. The summed E-state index contributed by atoms with van der Waals surface area (Å²) in [5, 5.41) is 11.9. The minimum atomic E-state index is 0.240. The molecule has 178 valence electrons. The number of hydrogen-bond acceptors (Lipinski definition) is 3. The monoisotopic (exact) mass is 520 g/mol. The highest BCUT2D eigenvalue weighted by Crippen LogP contribution is 2.31. The average molecular weight is 522 g/mol. The fraction of sp³-hybridized carbons (Fsp3) is 0.138. The minimum Gasteiger partial charge on any atom is -0.508 e. The third-order valence-electron chi connectivity index (χ3n) is 5.32. The summed E-state index contributed by atoms with van der Waals surface area (Å²) in [4.78, 5) is 8.31. The van der Waals surface area contributed by atoms with Crippen molar-refractivity contribution in [2.24, 2.45) is 4.99 Å². The molecule has 0 aliphatic rings. The lowest BCUT2D eigenvalue weighted by molar-refractivity contribution is 0.412. The fourth-order valence-corrected chi connectivity index (χ4v) is 5.16. The maximum atomic E-state index is 10.1. The van der Waals surface area contributed by atoms with Crippen LogP contribution in [0.5, 0.6) is 5.75 Å². The lowest BCUT2D eigenvalue weighted by Crippen LogP contribution is -2.28. The standard InChI is InChI=1S/C29H26Cl2N2OS/c1-20-9-11-22(12-10-20)18-33(19-23-6-4-7-27(34)14-23)29(35-28-8-3-5-21(2)13-28)32-26-16-24(30)15-25(31)17-26/h3-17,34H,18-19H2,1-2H3. The number of aliphatic imine (C=N–C) groups is 1. The van der Waals surface area contributed by atoms with Gasteiger partial charge in [-0.1, -0.05) is 94.6 Å². The second-order valence-electron chi connectivity index (χ2n) is 8.45. The van der Waals surface area contributed by atoms with Gasteiger partial charge in [0.2, 0.25) is 0 Å². The van der Waals surface area contributed by atoms with Crippen LogP contribution in [0.25, 0.3) is 0 Å². The molecule has 4 aromatic rings. The highest BCUT2D eigenvalue weighted by atomic mass is 35.5. The van der Waals surface area contributed by atoms with Gasteiger partial charge >= 0.3 is 0 Å². The topological polar surface area (TPSA) is 35.8 Å². The molecule has 0 heterocycles. The van der Waals surface area contributed by atoms with E-state index in [2.05, 4.69) is 61.2 Å². The molecule has 0 saturated heterocycles. The van der Waals surface area contributed by atoms with Crippen molar-refractivity contribution in [1.82, 2.24) is 4.90 Å². The molecule has 4 aromatic carbocycles. The van der Waals surface area contributed by atoms with Crippen LogP contribution in [0.1, 0.15) is 22.3 Å². The number of rotatable bonds is 6. The van der Waals surface area contributed by atoms with E-state index in [0.29, 0.717) is 28.8 Å². The van der Waals surface area contributed by atoms with E-state index in [-0.39, 0.29) is 5.75 Å². The van der Waals surface area contributed by atoms with Gasteiger partial charge in [-0.3, -0.25) is 0 Å². The molecule has 1 N–H and O–H groups in total. The van der Waals surface area contributed by atoms with Crippen LogP contribution in [0.4, 0.5) is 5.69 Å². The van der Waals surface area contributed by atoms with E-state index in [4.69, 9.17) is 28.2 Å². The van der Waals surface area contributed by atoms with Gasteiger partial charge in [0.05, 0.1) is 5.69 Å². The summed E-state index contributed by atoms with van der Waals surface area (Å²) in [5.74, 6) is 0.240. The Bertz CT molecular complexity index is 1320. The smallest absolute Gasteiger partial charge is 0.169 e. The number of phenolic OH excluding ortho intramolecular Hbond substituents is 1. The Balaban J connectivity index is 1.78. The molecule has 0 aliphatic heterocycles. The zero-order valence-electron chi connectivity index (χ0n) is 19.6. The molecule has 3 nitrogen and oxygen atoms in total. The first-order chi connectivity index (χ1) is 16.8. The van der Waals surface area contributed by atoms with Crippen LogP contribution in [0, 0.1) is 13.8 Å². The number of phenols is 1. The Kier molecular flexibility index (Phi) is 8.40. The van der Waals surface area contributed by atoms with E-state index in [1.807, 2.05) is 30.3 Å². The van der Waals surface area contributed by atoms with E-state index < -0.39 is 0 Å². The van der Waals surface area contributed by atoms with Gasteiger partial charge in [-0.25, -0.2) is 4.99 Å². The van der Waals surface area contributed by atoms with Crippen molar-refractivity contribution in [2.45, 2.75) is 31.8 Å². The van der Waals surface area contributed by atoms with E-state index in [0.717, 1.165) is 21.2 Å². The fourth-order valence-electron chi connectivity index (χ4n) is 3.64. The molecule has 0 atom stereocenters. The van der Waals surface area contributed by atoms with Gasteiger partial charge in [-0.05, 0) is 67.4 Å². The molecule has 0 saturated carbocycles. The quantitative estimate of drug-likeness (QED) is 0.156. The molecule has 0 spiro atoms. The number of hydrogen-bond donors (Lipinski definition) is 1. The second-order valence-corrected chi connectivity index (χ2v) is 10.4. The third-order valence-corrected chi connectivity index (χ3v) is 6.78. The summed E-state index contributed by atoms with van der Waals surface area (Å²) < 4.78 is 0. The first-order valence-electron chi connectivity index (χ1n) is 11.2. The Morgan fingerprint density at radius 1 is 0.771 bits per heavy atom. The normalized spacial score (nSPS) is 11.5. The van der Waals surface area contributed by atoms with E-state index in [1.165, 1.54) is 11.1 Å². The van der Waals surface area contributed by atoms with Gasteiger partial charge in [-0.2, -0.15) is 0 Å². The summed E-state index contributed by atoms with van der Waals surface area (Å²) in [6.45, 7) is 5.36. The number of aromatic hydroxyl groups is 1. The number of benzene rings is 4. The maximum absolute atomic E-state index is 10.1. The predicted octanol–water partition coefficient (Wildman–Crippen LogP) is 8.80. The summed E-state index contributed by atoms with van der Waals surface area (Å²) in [6.07, 6.45) is 0.